The second-order valence-electron chi connectivity index (χ2n) is 6.84. The van der Waals surface area contributed by atoms with E-state index in [0.29, 0.717) is 39.0 Å². The molecule has 3 heterocycles. The van der Waals surface area contributed by atoms with E-state index in [1.165, 1.54) is 4.90 Å². The molecule has 2 aliphatic rings. The Hall–Kier alpha value is -1.61. The molecule has 0 aliphatic carbocycles. The Morgan fingerprint density at radius 1 is 1.40 bits per heavy atom. The summed E-state index contributed by atoms with van der Waals surface area (Å²) in [5, 5.41) is 3.27. The lowest BCUT2D eigenvalue weighted by Crippen LogP contribution is -2.53. The summed E-state index contributed by atoms with van der Waals surface area (Å²) in [6.45, 7) is 1.47. The summed E-state index contributed by atoms with van der Waals surface area (Å²) < 4.78 is 39.9. The van der Waals surface area contributed by atoms with Gasteiger partial charge in [0.25, 0.3) is 0 Å². The van der Waals surface area contributed by atoms with Crippen LogP contribution in [0.25, 0.3) is 0 Å². The number of alkyl halides is 3. The van der Waals surface area contributed by atoms with Crippen LogP contribution in [-0.2, 0) is 11.8 Å². The van der Waals surface area contributed by atoms with E-state index in [9.17, 15) is 18.0 Å². The van der Waals surface area contributed by atoms with Crippen molar-refractivity contribution in [1.82, 2.24) is 24.7 Å². The largest absolute Gasteiger partial charge is 0.401 e. The molecule has 1 aromatic rings. The second-order valence-corrected chi connectivity index (χ2v) is 6.84. The molecular weight excluding hydrogens is 335 g/mol. The number of carbonyl (C=O) groups excluding carboxylic acids is 1. The Morgan fingerprint density at radius 3 is 2.88 bits per heavy atom. The van der Waals surface area contributed by atoms with E-state index < -0.39 is 12.7 Å². The Labute approximate surface area is 145 Å². The van der Waals surface area contributed by atoms with Crippen molar-refractivity contribution < 1.29 is 18.0 Å². The van der Waals surface area contributed by atoms with E-state index in [4.69, 9.17) is 0 Å². The van der Waals surface area contributed by atoms with Crippen LogP contribution in [0.15, 0.2) is 12.4 Å². The van der Waals surface area contributed by atoms with Crippen molar-refractivity contribution in [2.24, 2.45) is 13.0 Å². The average molecular weight is 359 g/mol. The molecule has 1 N–H and O–H groups in total. The monoisotopic (exact) mass is 359 g/mol. The summed E-state index contributed by atoms with van der Waals surface area (Å²) in [6, 6.07) is -0.181. The first-order chi connectivity index (χ1) is 11.8. The molecule has 0 radical (unpaired) electrons. The van der Waals surface area contributed by atoms with Gasteiger partial charge >= 0.3 is 6.18 Å². The number of nitrogens with one attached hydrogen (secondary N) is 1. The Morgan fingerprint density at radius 2 is 2.20 bits per heavy atom. The summed E-state index contributed by atoms with van der Waals surface area (Å²) in [7, 11) is 1.88. The summed E-state index contributed by atoms with van der Waals surface area (Å²) >= 11 is 0. The van der Waals surface area contributed by atoms with Crippen molar-refractivity contribution in [1.29, 1.82) is 0 Å². The molecule has 2 fully saturated rings. The number of piperazine rings is 1. The van der Waals surface area contributed by atoms with Gasteiger partial charge in [0, 0.05) is 45.6 Å². The molecule has 1 amide bonds. The van der Waals surface area contributed by atoms with Crippen LogP contribution < -0.4 is 5.32 Å². The molecule has 25 heavy (non-hydrogen) atoms. The number of amides is 1. The van der Waals surface area contributed by atoms with Gasteiger partial charge in [0.1, 0.15) is 11.9 Å². The lowest BCUT2D eigenvalue weighted by atomic mass is 9.95. The van der Waals surface area contributed by atoms with Gasteiger partial charge in [0.2, 0.25) is 5.91 Å². The van der Waals surface area contributed by atoms with Crippen LogP contribution in [0, 0.1) is 5.92 Å². The fourth-order valence-electron chi connectivity index (χ4n) is 3.79. The quantitative estimate of drug-likeness (QED) is 0.880. The number of rotatable bonds is 3. The average Bonchev–Trinajstić information content (AvgIpc) is 2.99. The lowest BCUT2D eigenvalue weighted by Gasteiger charge is -2.40. The maximum atomic E-state index is 13.0. The van der Waals surface area contributed by atoms with Crippen LogP contribution in [0.2, 0.25) is 0 Å². The van der Waals surface area contributed by atoms with E-state index in [-0.39, 0.29) is 24.4 Å². The molecule has 0 aromatic carbocycles. The van der Waals surface area contributed by atoms with Crippen LogP contribution in [-0.4, -0.2) is 70.7 Å². The van der Waals surface area contributed by atoms with Gasteiger partial charge in [-0.3, -0.25) is 9.69 Å². The molecule has 3 rings (SSSR count). The highest BCUT2D eigenvalue weighted by Crippen LogP contribution is 2.27. The Balaban J connectivity index is 1.70. The highest BCUT2D eigenvalue weighted by Gasteiger charge is 2.38. The van der Waals surface area contributed by atoms with E-state index >= 15 is 0 Å². The summed E-state index contributed by atoms with van der Waals surface area (Å²) in [5.74, 6) is 0.363. The van der Waals surface area contributed by atoms with Gasteiger partial charge in [0.05, 0.1) is 12.5 Å². The zero-order chi connectivity index (χ0) is 18.0. The number of halogens is 3. The maximum Gasteiger partial charge on any atom is 0.401 e. The third-order valence-corrected chi connectivity index (χ3v) is 4.94. The van der Waals surface area contributed by atoms with E-state index in [1.807, 2.05) is 17.8 Å². The number of hydrogen-bond acceptors (Lipinski definition) is 4. The number of aryl methyl sites for hydroxylation is 1. The topological polar surface area (TPSA) is 53.4 Å². The highest BCUT2D eigenvalue weighted by molar-refractivity contribution is 5.79. The minimum absolute atomic E-state index is 0.0543. The standard InChI is InChI=1S/C16H24F3N5O/c1-22-7-5-21-14(22)13-9-20-4-8-24(13)15(25)12-3-2-6-23(10-12)11-16(17,18)19/h5,7,12-13,20H,2-4,6,8-11H2,1H3. The lowest BCUT2D eigenvalue weighted by molar-refractivity contribution is -0.155. The van der Waals surface area contributed by atoms with Crippen molar-refractivity contribution in [2.45, 2.75) is 25.1 Å². The SMILES string of the molecule is Cn1ccnc1C1CNCCN1C(=O)C1CCCN(CC(F)(F)F)C1. The predicted molar refractivity (Wildman–Crippen MR) is 85.8 cm³/mol. The van der Waals surface area contributed by atoms with Gasteiger partial charge in [-0.25, -0.2) is 4.98 Å². The van der Waals surface area contributed by atoms with Crippen molar-refractivity contribution in [3.05, 3.63) is 18.2 Å². The summed E-state index contributed by atoms with van der Waals surface area (Å²) in [6.07, 6.45) is 0.558. The number of carbonyl (C=O) groups is 1. The van der Waals surface area contributed by atoms with E-state index in [2.05, 4.69) is 10.3 Å². The first kappa shape index (κ1) is 18.2. The smallest absolute Gasteiger partial charge is 0.336 e. The number of piperidine rings is 1. The number of hydrogen-bond donors (Lipinski definition) is 1. The van der Waals surface area contributed by atoms with Gasteiger partial charge in [0.15, 0.2) is 0 Å². The number of aromatic nitrogens is 2. The molecule has 2 unspecified atom stereocenters. The number of imidazole rings is 1. The summed E-state index contributed by atoms with van der Waals surface area (Å²) in [4.78, 5) is 20.5. The molecule has 2 atom stereocenters. The van der Waals surface area contributed by atoms with Crippen molar-refractivity contribution in [3.63, 3.8) is 0 Å². The molecule has 9 heteroatoms. The molecule has 2 saturated heterocycles. The van der Waals surface area contributed by atoms with Crippen LogP contribution in [0.4, 0.5) is 13.2 Å². The maximum absolute atomic E-state index is 13.0. The molecule has 0 bridgehead atoms. The fraction of sp³-hybridized carbons (Fsp3) is 0.750. The van der Waals surface area contributed by atoms with Crippen molar-refractivity contribution in [2.75, 3.05) is 39.3 Å². The van der Waals surface area contributed by atoms with Gasteiger partial charge in [-0.2, -0.15) is 13.2 Å². The summed E-state index contributed by atoms with van der Waals surface area (Å²) in [5.41, 5.74) is 0. The number of likely N-dealkylation sites (tertiary alicyclic amines) is 1. The van der Waals surface area contributed by atoms with Crippen LogP contribution in [0.5, 0.6) is 0 Å². The van der Waals surface area contributed by atoms with Crippen molar-refractivity contribution >= 4 is 5.91 Å². The minimum Gasteiger partial charge on any atom is -0.336 e. The van der Waals surface area contributed by atoms with Crippen LogP contribution >= 0.6 is 0 Å². The molecule has 140 valence electrons. The van der Waals surface area contributed by atoms with Crippen LogP contribution in [0.1, 0.15) is 24.7 Å². The normalized spacial score (nSPS) is 26.0. The van der Waals surface area contributed by atoms with E-state index in [0.717, 1.165) is 5.82 Å². The first-order valence-electron chi connectivity index (χ1n) is 8.62. The highest BCUT2D eigenvalue weighted by atomic mass is 19.4. The number of nitrogens with zero attached hydrogens (tertiary/aromatic N) is 4. The van der Waals surface area contributed by atoms with Crippen molar-refractivity contribution in [3.8, 4) is 0 Å². The molecule has 1 aromatic heterocycles. The molecule has 0 saturated carbocycles. The van der Waals surface area contributed by atoms with Gasteiger partial charge in [-0.15, -0.1) is 0 Å². The predicted octanol–water partition coefficient (Wildman–Crippen LogP) is 1.17. The Bertz CT molecular complexity index is 603. The zero-order valence-corrected chi connectivity index (χ0v) is 14.3. The van der Waals surface area contributed by atoms with Gasteiger partial charge in [-0.05, 0) is 19.4 Å². The zero-order valence-electron chi connectivity index (χ0n) is 14.3. The fourth-order valence-corrected chi connectivity index (χ4v) is 3.79. The molecule has 6 nitrogen and oxygen atoms in total. The van der Waals surface area contributed by atoms with E-state index in [1.54, 1.807) is 11.1 Å². The third kappa shape index (κ3) is 4.33. The molecular formula is C16H24F3N5O. The van der Waals surface area contributed by atoms with Gasteiger partial charge < -0.3 is 14.8 Å². The van der Waals surface area contributed by atoms with Gasteiger partial charge in [-0.1, -0.05) is 0 Å². The molecule has 0 spiro atoms. The van der Waals surface area contributed by atoms with Crippen LogP contribution in [0.3, 0.4) is 0 Å². The second kappa shape index (κ2) is 7.33. The minimum atomic E-state index is -4.23. The third-order valence-electron chi connectivity index (χ3n) is 4.94. The molecule has 2 aliphatic heterocycles. The first-order valence-corrected chi connectivity index (χ1v) is 8.62. The Kier molecular flexibility index (Phi) is 5.33.